The van der Waals surface area contributed by atoms with Crippen molar-refractivity contribution in [3.8, 4) is 22.8 Å². The fourth-order valence-electron chi connectivity index (χ4n) is 6.47. The molecule has 7 heteroatoms. The number of ether oxygens (including phenoxy) is 1. The van der Waals surface area contributed by atoms with Gasteiger partial charge in [-0.1, -0.05) is 42.3 Å². The Kier molecular flexibility index (Phi) is 8.56. The Morgan fingerprint density at radius 3 is 2.50 bits per heavy atom. The fraction of sp³-hybridized carbons (Fsp3) is 0.429. The Labute approximate surface area is 247 Å². The lowest BCUT2D eigenvalue weighted by Gasteiger charge is -2.32. The van der Waals surface area contributed by atoms with E-state index in [-0.39, 0.29) is 18.1 Å². The lowest BCUT2D eigenvalue weighted by atomic mass is 9.79. The molecular formula is C35H39FN4O2. The molecule has 1 saturated heterocycles. The standard InChI is InChI=1S/C35H39FN4O2/c1-23-6-9-27(10-7-23)34-38-35(28-11-13-29(36)14-12-28)40(39-34)22-30(41)21-25-4-3-5-31-24(2)20-33(37-32(31)15-8-25)26-16-18-42-19-17-26/h6-7,9-14,21,24,26H,3-5,8,15-20,22H2,1-2H3/b25-21-. The van der Waals surface area contributed by atoms with Crippen LogP contribution in [0.3, 0.4) is 0 Å². The third kappa shape index (κ3) is 6.51. The van der Waals surface area contributed by atoms with Crippen LogP contribution in [0.1, 0.15) is 63.9 Å². The van der Waals surface area contributed by atoms with E-state index < -0.39 is 0 Å². The van der Waals surface area contributed by atoms with Gasteiger partial charge in [0.15, 0.2) is 17.4 Å². The summed E-state index contributed by atoms with van der Waals surface area (Å²) in [6.45, 7) is 6.13. The predicted molar refractivity (Wildman–Crippen MR) is 164 cm³/mol. The number of halogens is 1. The number of rotatable bonds is 6. The van der Waals surface area contributed by atoms with Crippen LogP contribution in [-0.4, -0.2) is 39.5 Å². The molecule has 6 nitrogen and oxygen atoms in total. The third-order valence-electron chi connectivity index (χ3n) is 8.83. The quantitative estimate of drug-likeness (QED) is 0.287. The fourth-order valence-corrected chi connectivity index (χ4v) is 6.47. The summed E-state index contributed by atoms with van der Waals surface area (Å²) in [5.74, 6) is 1.86. The molecule has 1 aliphatic carbocycles. The maximum absolute atomic E-state index is 13.7. The number of aryl methyl sites for hydroxylation is 1. The van der Waals surface area contributed by atoms with Crippen molar-refractivity contribution in [1.82, 2.24) is 14.8 Å². The molecule has 0 bridgehead atoms. The summed E-state index contributed by atoms with van der Waals surface area (Å²) < 4.78 is 20.9. The van der Waals surface area contributed by atoms with Crippen LogP contribution in [0.2, 0.25) is 0 Å². The first-order chi connectivity index (χ1) is 20.4. The molecule has 0 spiro atoms. The molecule has 1 unspecified atom stereocenters. The van der Waals surface area contributed by atoms with E-state index in [1.807, 2.05) is 37.3 Å². The molecule has 2 aliphatic heterocycles. The van der Waals surface area contributed by atoms with Gasteiger partial charge in [-0.15, -0.1) is 5.10 Å². The molecule has 3 heterocycles. The first-order valence-electron chi connectivity index (χ1n) is 15.3. The second-order valence-electron chi connectivity index (χ2n) is 12.0. The minimum absolute atomic E-state index is 0.00750. The van der Waals surface area contributed by atoms with Crippen LogP contribution >= 0.6 is 0 Å². The highest BCUT2D eigenvalue weighted by atomic mass is 19.1. The molecule has 1 atom stereocenters. The van der Waals surface area contributed by atoms with E-state index in [4.69, 9.17) is 19.8 Å². The molecule has 1 aromatic heterocycles. The predicted octanol–water partition coefficient (Wildman–Crippen LogP) is 7.68. The average molecular weight is 567 g/mol. The third-order valence-corrected chi connectivity index (χ3v) is 8.83. The number of hydrogen-bond acceptors (Lipinski definition) is 5. The summed E-state index contributed by atoms with van der Waals surface area (Å²) >= 11 is 0. The van der Waals surface area contributed by atoms with E-state index in [9.17, 15) is 9.18 Å². The number of hydrogen-bond donors (Lipinski definition) is 0. The van der Waals surface area contributed by atoms with Gasteiger partial charge in [0, 0.05) is 41.7 Å². The van der Waals surface area contributed by atoms with Gasteiger partial charge in [-0.2, -0.15) is 0 Å². The number of aliphatic imine (C=N–C) groups is 1. The molecule has 3 aromatic rings. The van der Waals surface area contributed by atoms with Gasteiger partial charge in [0.2, 0.25) is 0 Å². The Morgan fingerprint density at radius 1 is 1.00 bits per heavy atom. The van der Waals surface area contributed by atoms with Gasteiger partial charge >= 0.3 is 0 Å². The first-order valence-corrected chi connectivity index (χ1v) is 15.3. The van der Waals surface area contributed by atoms with E-state index in [2.05, 4.69) is 6.92 Å². The van der Waals surface area contributed by atoms with Gasteiger partial charge in [0.05, 0.1) is 0 Å². The summed E-state index contributed by atoms with van der Waals surface area (Å²) in [6.07, 6.45) is 9.76. The summed E-state index contributed by atoms with van der Waals surface area (Å²) in [5.41, 5.74) is 8.05. The van der Waals surface area contributed by atoms with Crippen molar-refractivity contribution in [1.29, 1.82) is 0 Å². The molecule has 0 amide bonds. The van der Waals surface area contributed by atoms with Crippen LogP contribution in [0.5, 0.6) is 0 Å². The summed E-state index contributed by atoms with van der Waals surface area (Å²) in [6, 6.07) is 14.2. The zero-order chi connectivity index (χ0) is 29.1. The van der Waals surface area contributed by atoms with Crippen molar-refractivity contribution in [2.24, 2.45) is 16.8 Å². The van der Waals surface area contributed by atoms with Crippen molar-refractivity contribution >= 4 is 11.5 Å². The maximum Gasteiger partial charge on any atom is 0.181 e. The van der Waals surface area contributed by atoms with Crippen LogP contribution in [-0.2, 0) is 16.1 Å². The SMILES string of the molecule is Cc1ccc(-c2nc(-c3ccc(F)cc3)n(CC(=O)/C=C3/CCCC4=C(CC3)N=C(C3CCOCC3)CC4C)n2)cc1. The lowest BCUT2D eigenvalue weighted by molar-refractivity contribution is -0.115. The van der Waals surface area contributed by atoms with Gasteiger partial charge in [0.1, 0.15) is 12.4 Å². The summed E-state index contributed by atoms with van der Waals surface area (Å²) in [5, 5.41) is 4.72. The van der Waals surface area contributed by atoms with E-state index >= 15 is 0 Å². The van der Waals surface area contributed by atoms with Gasteiger partial charge in [-0.05, 0) is 100 Å². The summed E-state index contributed by atoms with van der Waals surface area (Å²) in [4.78, 5) is 23.4. The number of aromatic nitrogens is 3. The van der Waals surface area contributed by atoms with E-state index in [0.29, 0.717) is 23.5 Å². The van der Waals surface area contributed by atoms with Crippen molar-refractivity contribution < 1.29 is 13.9 Å². The highest BCUT2D eigenvalue weighted by Crippen LogP contribution is 2.38. The van der Waals surface area contributed by atoms with Crippen LogP contribution in [0.4, 0.5) is 4.39 Å². The normalized spacial score (nSPS) is 21.1. The number of ketones is 1. The number of nitrogens with zero attached hydrogens (tertiary/aromatic N) is 4. The highest BCUT2D eigenvalue weighted by molar-refractivity contribution is 5.91. The van der Waals surface area contributed by atoms with Crippen LogP contribution in [0.15, 0.2) is 76.4 Å². The Bertz CT molecular complexity index is 1530. The molecule has 1 fully saturated rings. The van der Waals surface area contributed by atoms with Gasteiger partial charge in [-0.25, -0.2) is 14.1 Å². The molecule has 2 aromatic carbocycles. The summed E-state index contributed by atoms with van der Waals surface area (Å²) in [7, 11) is 0. The maximum atomic E-state index is 13.7. The Morgan fingerprint density at radius 2 is 1.74 bits per heavy atom. The number of allylic oxidation sites excluding steroid dienone is 4. The largest absolute Gasteiger partial charge is 0.381 e. The molecule has 42 heavy (non-hydrogen) atoms. The van der Waals surface area contributed by atoms with Gasteiger partial charge < -0.3 is 4.74 Å². The molecule has 6 rings (SSSR count). The zero-order valence-electron chi connectivity index (χ0n) is 24.6. The van der Waals surface area contributed by atoms with Crippen molar-refractivity contribution in [2.45, 2.75) is 71.8 Å². The smallest absolute Gasteiger partial charge is 0.181 e. The first kappa shape index (κ1) is 28.4. The zero-order valence-corrected chi connectivity index (χ0v) is 24.6. The molecule has 0 N–H and O–H groups in total. The molecule has 218 valence electrons. The highest BCUT2D eigenvalue weighted by Gasteiger charge is 2.28. The van der Waals surface area contributed by atoms with Crippen molar-refractivity contribution in [3.63, 3.8) is 0 Å². The van der Waals surface area contributed by atoms with Crippen LogP contribution in [0.25, 0.3) is 22.8 Å². The van der Waals surface area contributed by atoms with Crippen molar-refractivity contribution in [3.05, 3.63) is 82.8 Å². The number of carbonyl (C=O) groups excluding carboxylic acids is 1. The minimum Gasteiger partial charge on any atom is -0.381 e. The van der Waals surface area contributed by atoms with E-state index in [1.165, 1.54) is 34.7 Å². The monoisotopic (exact) mass is 566 g/mol. The average Bonchev–Trinajstić information content (AvgIpc) is 3.40. The van der Waals surface area contributed by atoms with Gasteiger partial charge in [-0.3, -0.25) is 9.79 Å². The Hall–Kier alpha value is -3.71. The van der Waals surface area contributed by atoms with E-state index in [0.717, 1.165) is 81.3 Å². The van der Waals surface area contributed by atoms with Gasteiger partial charge in [0.25, 0.3) is 0 Å². The second kappa shape index (κ2) is 12.7. The second-order valence-corrected chi connectivity index (χ2v) is 12.0. The molecule has 0 saturated carbocycles. The van der Waals surface area contributed by atoms with E-state index in [1.54, 1.807) is 16.8 Å². The van der Waals surface area contributed by atoms with Crippen LogP contribution in [0, 0.1) is 24.6 Å². The topological polar surface area (TPSA) is 69.4 Å². The van der Waals surface area contributed by atoms with Crippen LogP contribution < -0.4 is 0 Å². The number of carbonyl (C=O) groups is 1. The van der Waals surface area contributed by atoms with Crippen molar-refractivity contribution in [2.75, 3.05) is 13.2 Å². The molecular weight excluding hydrogens is 527 g/mol. The molecule has 0 radical (unpaired) electrons. The molecule has 3 aliphatic rings. The number of benzene rings is 2. The lowest BCUT2D eigenvalue weighted by Crippen LogP contribution is -2.28. The Balaban J connectivity index is 1.21. The minimum atomic E-state index is -0.316.